The SMILES string of the molecule is CCN1CCC(CNCCO)CC1. The third-order valence-corrected chi connectivity index (χ3v) is 2.88. The minimum atomic E-state index is 0.258. The van der Waals surface area contributed by atoms with Crippen LogP contribution in [0.4, 0.5) is 0 Å². The number of nitrogens with one attached hydrogen (secondary N) is 1. The largest absolute Gasteiger partial charge is 0.395 e. The molecule has 13 heavy (non-hydrogen) atoms. The molecule has 1 heterocycles. The first kappa shape index (κ1) is 11.0. The highest BCUT2D eigenvalue weighted by atomic mass is 16.3. The smallest absolute Gasteiger partial charge is 0.0555 e. The van der Waals surface area contributed by atoms with Crippen molar-refractivity contribution in [2.24, 2.45) is 5.92 Å². The lowest BCUT2D eigenvalue weighted by atomic mass is 9.97. The van der Waals surface area contributed by atoms with Crippen molar-refractivity contribution in [2.45, 2.75) is 19.8 Å². The summed E-state index contributed by atoms with van der Waals surface area (Å²) in [7, 11) is 0. The van der Waals surface area contributed by atoms with Crippen molar-refractivity contribution in [1.82, 2.24) is 10.2 Å². The number of piperidine rings is 1. The summed E-state index contributed by atoms with van der Waals surface area (Å²) in [5, 5.41) is 11.9. The molecule has 1 aliphatic heterocycles. The van der Waals surface area contributed by atoms with Gasteiger partial charge in [-0.25, -0.2) is 0 Å². The lowest BCUT2D eigenvalue weighted by molar-refractivity contribution is 0.188. The molecule has 0 aromatic rings. The second-order valence-corrected chi connectivity index (χ2v) is 3.81. The zero-order valence-corrected chi connectivity index (χ0v) is 8.63. The lowest BCUT2D eigenvalue weighted by Gasteiger charge is -2.31. The number of aliphatic hydroxyl groups excluding tert-OH is 1. The van der Waals surface area contributed by atoms with Crippen LogP contribution in [0.2, 0.25) is 0 Å². The average Bonchev–Trinajstić information content (AvgIpc) is 2.19. The average molecular weight is 186 g/mol. The quantitative estimate of drug-likeness (QED) is 0.606. The van der Waals surface area contributed by atoms with E-state index in [9.17, 15) is 0 Å². The summed E-state index contributed by atoms with van der Waals surface area (Å²) in [5.41, 5.74) is 0. The van der Waals surface area contributed by atoms with Crippen molar-refractivity contribution in [1.29, 1.82) is 0 Å². The van der Waals surface area contributed by atoms with E-state index in [1.807, 2.05) is 0 Å². The predicted molar refractivity (Wildman–Crippen MR) is 54.8 cm³/mol. The minimum absolute atomic E-state index is 0.258. The van der Waals surface area contributed by atoms with Gasteiger partial charge in [0.25, 0.3) is 0 Å². The van der Waals surface area contributed by atoms with Crippen molar-refractivity contribution >= 4 is 0 Å². The maximum atomic E-state index is 8.61. The first-order chi connectivity index (χ1) is 6.36. The molecule has 1 rings (SSSR count). The van der Waals surface area contributed by atoms with Crippen LogP contribution in [0, 0.1) is 5.92 Å². The number of rotatable bonds is 5. The van der Waals surface area contributed by atoms with Gasteiger partial charge >= 0.3 is 0 Å². The van der Waals surface area contributed by atoms with Gasteiger partial charge in [0.05, 0.1) is 6.61 Å². The normalized spacial score (nSPS) is 20.8. The Labute approximate surface area is 81.1 Å². The van der Waals surface area contributed by atoms with Crippen LogP contribution in [0.3, 0.4) is 0 Å². The van der Waals surface area contributed by atoms with Crippen molar-refractivity contribution in [3.05, 3.63) is 0 Å². The van der Waals surface area contributed by atoms with E-state index in [-0.39, 0.29) is 6.61 Å². The molecule has 0 amide bonds. The summed E-state index contributed by atoms with van der Waals surface area (Å²) < 4.78 is 0. The topological polar surface area (TPSA) is 35.5 Å². The Morgan fingerprint density at radius 2 is 2.08 bits per heavy atom. The van der Waals surface area contributed by atoms with Gasteiger partial charge in [0, 0.05) is 6.54 Å². The van der Waals surface area contributed by atoms with Crippen molar-refractivity contribution in [3.63, 3.8) is 0 Å². The third-order valence-electron chi connectivity index (χ3n) is 2.88. The Morgan fingerprint density at radius 1 is 1.38 bits per heavy atom. The van der Waals surface area contributed by atoms with Crippen LogP contribution in [0.5, 0.6) is 0 Å². The highest BCUT2D eigenvalue weighted by Crippen LogP contribution is 2.15. The summed E-state index contributed by atoms with van der Waals surface area (Å²) in [6.45, 7) is 8.00. The number of aliphatic hydroxyl groups is 1. The van der Waals surface area contributed by atoms with Gasteiger partial charge in [0.1, 0.15) is 0 Å². The van der Waals surface area contributed by atoms with E-state index in [2.05, 4.69) is 17.1 Å². The fourth-order valence-electron chi connectivity index (χ4n) is 1.89. The van der Waals surface area contributed by atoms with Gasteiger partial charge < -0.3 is 15.3 Å². The van der Waals surface area contributed by atoms with Crippen molar-refractivity contribution in [3.8, 4) is 0 Å². The van der Waals surface area contributed by atoms with E-state index >= 15 is 0 Å². The summed E-state index contributed by atoms with van der Waals surface area (Å²) in [6.07, 6.45) is 2.62. The molecule has 78 valence electrons. The van der Waals surface area contributed by atoms with E-state index in [0.717, 1.165) is 19.0 Å². The molecule has 1 aliphatic rings. The Hall–Kier alpha value is -0.120. The van der Waals surface area contributed by atoms with Crippen LogP contribution < -0.4 is 5.32 Å². The number of hydrogen-bond acceptors (Lipinski definition) is 3. The molecule has 0 aromatic heterocycles. The van der Waals surface area contributed by atoms with E-state index in [0.29, 0.717) is 0 Å². The van der Waals surface area contributed by atoms with Crippen LogP contribution in [-0.2, 0) is 0 Å². The molecular weight excluding hydrogens is 164 g/mol. The molecule has 0 spiro atoms. The monoisotopic (exact) mass is 186 g/mol. The molecule has 3 nitrogen and oxygen atoms in total. The highest BCUT2D eigenvalue weighted by molar-refractivity contribution is 4.72. The van der Waals surface area contributed by atoms with E-state index in [1.54, 1.807) is 0 Å². The third kappa shape index (κ3) is 4.07. The van der Waals surface area contributed by atoms with Crippen molar-refractivity contribution in [2.75, 3.05) is 39.3 Å². The molecule has 2 N–H and O–H groups in total. The molecule has 0 bridgehead atoms. The van der Waals surface area contributed by atoms with Crippen LogP contribution in [0.1, 0.15) is 19.8 Å². The molecule has 0 unspecified atom stereocenters. The summed E-state index contributed by atoms with van der Waals surface area (Å²) in [5.74, 6) is 0.828. The molecule has 0 radical (unpaired) electrons. The lowest BCUT2D eigenvalue weighted by Crippen LogP contribution is -2.37. The zero-order chi connectivity index (χ0) is 9.52. The molecule has 1 fully saturated rings. The van der Waals surface area contributed by atoms with E-state index < -0.39 is 0 Å². The van der Waals surface area contributed by atoms with E-state index in [1.165, 1.54) is 32.5 Å². The number of nitrogens with zero attached hydrogens (tertiary/aromatic N) is 1. The van der Waals surface area contributed by atoms with Gasteiger partial charge in [-0.05, 0) is 44.9 Å². The summed E-state index contributed by atoms with van der Waals surface area (Å²) >= 11 is 0. The van der Waals surface area contributed by atoms with Crippen LogP contribution in [-0.4, -0.2) is 49.3 Å². The molecular formula is C10H22N2O. The molecule has 0 atom stereocenters. The van der Waals surface area contributed by atoms with Gasteiger partial charge in [-0.1, -0.05) is 6.92 Å². The first-order valence-corrected chi connectivity index (χ1v) is 5.40. The Balaban J connectivity index is 2.03. The predicted octanol–water partition coefficient (Wildman–Crippen LogP) is 0.300. The Morgan fingerprint density at radius 3 is 2.62 bits per heavy atom. The van der Waals surface area contributed by atoms with Crippen LogP contribution >= 0.6 is 0 Å². The maximum Gasteiger partial charge on any atom is 0.0555 e. The summed E-state index contributed by atoms with van der Waals surface area (Å²) in [4.78, 5) is 2.50. The number of hydrogen-bond donors (Lipinski definition) is 2. The van der Waals surface area contributed by atoms with Gasteiger partial charge in [0.15, 0.2) is 0 Å². The molecule has 0 aliphatic carbocycles. The van der Waals surface area contributed by atoms with Gasteiger partial charge in [-0.2, -0.15) is 0 Å². The number of likely N-dealkylation sites (tertiary alicyclic amines) is 1. The standard InChI is InChI=1S/C10H22N2O/c1-2-12-6-3-10(4-7-12)9-11-5-8-13/h10-11,13H,2-9H2,1H3. The fraction of sp³-hybridized carbons (Fsp3) is 1.00. The minimum Gasteiger partial charge on any atom is -0.395 e. The molecule has 0 aromatic carbocycles. The highest BCUT2D eigenvalue weighted by Gasteiger charge is 2.16. The second kappa shape index (κ2) is 6.35. The fourth-order valence-corrected chi connectivity index (χ4v) is 1.89. The molecule has 1 saturated heterocycles. The molecule has 0 saturated carbocycles. The summed E-state index contributed by atoms with van der Waals surface area (Å²) in [6, 6.07) is 0. The molecule has 3 heteroatoms. The van der Waals surface area contributed by atoms with Crippen molar-refractivity contribution < 1.29 is 5.11 Å². The van der Waals surface area contributed by atoms with Crippen LogP contribution in [0.15, 0.2) is 0 Å². The van der Waals surface area contributed by atoms with E-state index in [4.69, 9.17) is 5.11 Å². The Bertz CT molecular complexity index is 119. The zero-order valence-electron chi connectivity index (χ0n) is 8.63. The van der Waals surface area contributed by atoms with Gasteiger partial charge in [0.2, 0.25) is 0 Å². The second-order valence-electron chi connectivity index (χ2n) is 3.81. The Kier molecular flexibility index (Phi) is 5.35. The maximum absolute atomic E-state index is 8.61. The first-order valence-electron chi connectivity index (χ1n) is 5.40. The van der Waals surface area contributed by atoms with Gasteiger partial charge in [-0.3, -0.25) is 0 Å². The van der Waals surface area contributed by atoms with Crippen LogP contribution in [0.25, 0.3) is 0 Å². The van der Waals surface area contributed by atoms with Gasteiger partial charge in [-0.15, -0.1) is 0 Å².